The summed E-state index contributed by atoms with van der Waals surface area (Å²) >= 11 is -3.65. The van der Waals surface area contributed by atoms with E-state index < -0.39 is 26.5 Å². The van der Waals surface area contributed by atoms with Crippen LogP contribution in [0.2, 0.25) is 16.6 Å². The van der Waals surface area contributed by atoms with E-state index in [1.807, 2.05) is 0 Å². The van der Waals surface area contributed by atoms with Crippen LogP contribution in [-0.2, 0) is 31.1 Å². The van der Waals surface area contributed by atoms with Gasteiger partial charge < -0.3 is 0 Å². The summed E-state index contributed by atoms with van der Waals surface area (Å²) in [6, 6.07) is 0. The molecule has 0 spiro atoms. The fourth-order valence-electron chi connectivity index (χ4n) is 6.50. The molecule has 0 heterocycles. The molecule has 6 heteroatoms. The molecule has 3 aliphatic carbocycles. The molecule has 3 saturated carbocycles. The third-order valence-corrected chi connectivity index (χ3v) is 19.1. The van der Waals surface area contributed by atoms with Gasteiger partial charge in [-0.25, -0.2) is 0 Å². The average molecular weight is 435 g/mol. The average Bonchev–Trinajstić information content (AvgIpc) is 2.77. The van der Waals surface area contributed by atoms with E-state index in [-0.39, 0.29) is 0 Å². The molecule has 0 aromatic carbocycles. The summed E-state index contributed by atoms with van der Waals surface area (Å²) in [7, 11) is 3.15. The topological polar surface area (TPSA) is 36.9 Å². The van der Waals surface area contributed by atoms with E-state index in [4.69, 9.17) is 13.0 Å². The molecule has 0 aromatic rings. The van der Waals surface area contributed by atoms with E-state index in [1.165, 1.54) is 96.3 Å². The molecule has 3 aliphatic rings. The summed E-state index contributed by atoms with van der Waals surface area (Å²) in [6.07, 6.45) is 20.7. The summed E-state index contributed by atoms with van der Waals surface area (Å²) in [5.41, 5.74) is 2.34. The Labute approximate surface area is 173 Å². The van der Waals surface area contributed by atoms with Gasteiger partial charge in [-0.05, 0) is 0 Å². The first-order valence-corrected chi connectivity index (χ1v) is 16.3. The van der Waals surface area contributed by atoms with E-state index in [9.17, 15) is 0 Å². The first-order valence-electron chi connectivity index (χ1n) is 11.6. The van der Waals surface area contributed by atoms with E-state index >= 15 is 0 Å². The fraction of sp³-hybridized carbons (Fsp3) is 1.00. The molecule has 3 fully saturated rings. The third-order valence-electron chi connectivity index (χ3n) is 7.78. The summed E-state index contributed by atoms with van der Waals surface area (Å²) in [4.78, 5) is 0. The molecule has 0 aromatic heterocycles. The summed E-state index contributed by atoms with van der Waals surface area (Å²) < 4.78 is 25.1. The third kappa shape index (κ3) is 4.92. The normalized spacial score (nSPS) is 25.0. The minimum atomic E-state index is -3.65. The van der Waals surface area contributed by atoms with Crippen LogP contribution in [0.4, 0.5) is 0 Å². The van der Waals surface area contributed by atoms with Crippen molar-refractivity contribution < 1.29 is 31.1 Å². The van der Waals surface area contributed by atoms with Crippen molar-refractivity contribution in [2.45, 2.75) is 113 Å². The Hall–Kier alpha value is 0.771. The van der Waals surface area contributed by atoms with Crippen molar-refractivity contribution in [1.82, 2.24) is 0 Å². The zero-order valence-corrected chi connectivity index (χ0v) is 20.5. The second kappa shape index (κ2) is 10.7. The maximum absolute atomic E-state index is 7.35. The van der Waals surface area contributed by atoms with Crippen LogP contribution in [0.25, 0.3) is 0 Å². The van der Waals surface area contributed by atoms with E-state index in [0.29, 0.717) is 0 Å². The van der Waals surface area contributed by atoms with Gasteiger partial charge in [0.25, 0.3) is 0 Å². The Kier molecular flexibility index (Phi) is 8.90. The molecule has 3 rings (SSSR count). The Morgan fingerprint density at radius 1 is 0.519 bits per heavy atom. The summed E-state index contributed by atoms with van der Waals surface area (Å²) in [5.74, 6) is 0. The van der Waals surface area contributed by atoms with Gasteiger partial charge >= 0.3 is 174 Å². The summed E-state index contributed by atoms with van der Waals surface area (Å²) in [5, 5.41) is 0. The molecule has 0 bridgehead atoms. The van der Waals surface area contributed by atoms with Crippen molar-refractivity contribution >= 4 is 8.32 Å². The Balaban J connectivity index is 2.01. The van der Waals surface area contributed by atoms with Crippen molar-refractivity contribution in [3.8, 4) is 0 Å². The van der Waals surface area contributed by atoms with Gasteiger partial charge in [0.1, 0.15) is 0 Å². The quantitative estimate of drug-likeness (QED) is 0.398. The molecule has 0 N–H and O–H groups in total. The van der Waals surface area contributed by atoms with Gasteiger partial charge in [-0.15, -0.1) is 0 Å². The second-order valence-corrected chi connectivity index (χ2v) is 17.9. The van der Waals surface area contributed by atoms with Crippen molar-refractivity contribution in [3.05, 3.63) is 0 Å². The monoisotopic (exact) mass is 434 g/mol. The number of hydrogen-bond acceptors (Lipinski definition) is 4. The van der Waals surface area contributed by atoms with Crippen LogP contribution in [-0.4, -0.2) is 29.6 Å². The van der Waals surface area contributed by atoms with Crippen molar-refractivity contribution in [1.29, 1.82) is 0 Å². The van der Waals surface area contributed by atoms with Crippen LogP contribution in [0.15, 0.2) is 0 Å². The van der Waals surface area contributed by atoms with Gasteiger partial charge in [0.15, 0.2) is 0 Å². The molecule has 0 atom stereocenters. The van der Waals surface area contributed by atoms with E-state index in [1.54, 1.807) is 21.3 Å². The first-order chi connectivity index (χ1) is 13.2. The zero-order chi connectivity index (χ0) is 19.2. The van der Waals surface area contributed by atoms with Crippen molar-refractivity contribution in [2.24, 2.45) is 0 Å². The van der Waals surface area contributed by atoms with Crippen LogP contribution in [0.5, 0.6) is 0 Å². The predicted molar refractivity (Wildman–Crippen MR) is 108 cm³/mol. The number of hydrogen-bond donors (Lipinski definition) is 0. The van der Waals surface area contributed by atoms with Gasteiger partial charge in [0.2, 0.25) is 0 Å². The molecule has 0 saturated heterocycles. The molecule has 0 aliphatic heterocycles. The van der Waals surface area contributed by atoms with Crippen molar-refractivity contribution in [3.63, 3.8) is 0 Å². The Morgan fingerprint density at radius 2 is 0.815 bits per heavy atom. The summed E-state index contributed by atoms with van der Waals surface area (Å²) in [6.45, 7) is 0. The van der Waals surface area contributed by atoms with Crippen molar-refractivity contribution in [2.75, 3.05) is 21.3 Å². The van der Waals surface area contributed by atoms with Gasteiger partial charge in [-0.2, -0.15) is 0 Å². The second-order valence-electron chi connectivity index (χ2n) is 9.07. The van der Waals surface area contributed by atoms with E-state index in [2.05, 4.69) is 0 Å². The molecule has 0 unspecified atom stereocenters. The molecular weight excluding hydrogens is 392 g/mol. The first kappa shape index (κ1) is 22.5. The van der Waals surface area contributed by atoms with E-state index in [0.717, 1.165) is 16.6 Å². The zero-order valence-electron chi connectivity index (χ0n) is 18.0. The van der Waals surface area contributed by atoms with Gasteiger partial charge in [-0.1, -0.05) is 0 Å². The Bertz CT molecular complexity index is 374. The molecule has 158 valence electrons. The Morgan fingerprint density at radius 3 is 1.07 bits per heavy atom. The van der Waals surface area contributed by atoms with Gasteiger partial charge in [0, 0.05) is 0 Å². The van der Waals surface area contributed by atoms with Crippen LogP contribution in [0, 0.1) is 0 Å². The standard InChI is InChI=1S/C18H33OSi.3CH3O.Ti/c19-20(16-10-4-1-5-11-16,17-12-6-2-7-13-17)18-14-8-3-9-15-18;3*1-2;/h16-18H,1-15H2;3*1H3;/q4*-1;+4. The molecule has 4 nitrogen and oxygen atoms in total. The SMILES string of the molecule is C[O][Ti]([O]C)([O]C)[O][Si](C1CCCCC1)(C1CCCCC1)C1CCCCC1. The molecule has 0 amide bonds. The molecule has 0 radical (unpaired) electrons. The number of rotatable bonds is 8. The maximum atomic E-state index is 7.35. The molecular formula is C21H42O4SiTi. The minimum absolute atomic E-state index is 0.780. The fourth-order valence-corrected chi connectivity index (χ4v) is 19.9. The van der Waals surface area contributed by atoms with Crippen LogP contribution in [0.3, 0.4) is 0 Å². The van der Waals surface area contributed by atoms with Gasteiger partial charge in [-0.3, -0.25) is 0 Å². The predicted octanol–water partition coefficient (Wildman–Crippen LogP) is 6.70. The van der Waals surface area contributed by atoms with Gasteiger partial charge in [0.05, 0.1) is 0 Å². The molecule has 27 heavy (non-hydrogen) atoms. The van der Waals surface area contributed by atoms with Crippen LogP contribution >= 0.6 is 0 Å². The van der Waals surface area contributed by atoms with Crippen LogP contribution < -0.4 is 0 Å². The van der Waals surface area contributed by atoms with Crippen LogP contribution in [0.1, 0.15) is 96.3 Å².